The molecule has 0 spiro atoms. The smallest absolute Gasteiger partial charge is 0.230 e. The normalized spacial score (nSPS) is 18.4. The second-order valence-corrected chi connectivity index (χ2v) is 6.20. The molecule has 1 saturated heterocycles. The van der Waals surface area contributed by atoms with Gasteiger partial charge < -0.3 is 4.90 Å². The molecule has 21 heavy (non-hydrogen) atoms. The van der Waals surface area contributed by atoms with Crippen molar-refractivity contribution in [2.24, 2.45) is 0 Å². The average Bonchev–Trinajstić information content (AvgIpc) is 2.88. The second kappa shape index (κ2) is 8.86. The molecular weight excluding hydrogens is 258 g/mol. The van der Waals surface area contributed by atoms with E-state index in [1.807, 2.05) is 18.2 Å². The fourth-order valence-corrected chi connectivity index (χ4v) is 3.22. The molecule has 2 nitrogen and oxygen atoms in total. The quantitative estimate of drug-likeness (QED) is 0.600. The predicted molar refractivity (Wildman–Crippen MR) is 88.4 cm³/mol. The van der Waals surface area contributed by atoms with Crippen LogP contribution in [0.5, 0.6) is 0 Å². The van der Waals surface area contributed by atoms with Gasteiger partial charge in [-0.1, -0.05) is 75.8 Å². The standard InChI is InChI=1S/C19H29NO/c1-2-3-4-5-6-7-11-15-20-16-14-18(19(20)21)17-12-9-8-10-13-17/h8-10,12-13,18H,2-7,11,14-16H2,1H3. The largest absolute Gasteiger partial charge is 0.342 e. The summed E-state index contributed by atoms with van der Waals surface area (Å²) in [5, 5.41) is 0. The van der Waals surface area contributed by atoms with Gasteiger partial charge in [-0.05, 0) is 18.4 Å². The first-order valence-electron chi connectivity index (χ1n) is 8.66. The van der Waals surface area contributed by atoms with E-state index < -0.39 is 0 Å². The Morgan fingerprint density at radius 2 is 1.67 bits per heavy atom. The van der Waals surface area contributed by atoms with Gasteiger partial charge in [0, 0.05) is 13.1 Å². The summed E-state index contributed by atoms with van der Waals surface area (Å²) in [5.41, 5.74) is 1.18. The van der Waals surface area contributed by atoms with E-state index in [0.717, 1.165) is 19.5 Å². The van der Waals surface area contributed by atoms with Crippen molar-refractivity contribution in [2.75, 3.05) is 13.1 Å². The molecule has 1 amide bonds. The number of amides is 1. The van der Waals surface area contributed by atoms with E-state index in [1.54, 1.807) is 0 Å². The van der Waals surface area contributed by atoms with Crippen LogP contribution in [0.1, 0.15) is 69.8 Å². The molecule has 2 heteroatoms. The molecule has 2 rings (SSSR count). The van der Waals surface area contributed by atoms with Gasteiger partial charge in [-0.25, -0.2) is 0 Å². The third kappa shape index (κ3) is 4.87. The summed E-state index contributed by atoms with van der Waals surface area (Å²) >= 11 is 0. The van der Waals surface area contributed by atoms with Crippen molar-refractivity contribution in [3.8, 4) is 0 Å². The summed E-state index contributed by atoms with van der Waals surface area (Å²) in [7, 11) is 0. The third-order valence-electron chi connectivity index (χ3n) is 4.53. The van der Waals surface area contributed by atoms with Gasteiger partial charge in [0.2, 0.25) is 5.91 Å². The van der Waals surface area contributed by atoms with Gasteiger partial charge in [-0.2, -0.15) is 0 Å². The summed E-state index contributed by atoms with van der Waals surface area (Å²) in [6.45, 7) is 4.15. The highest BCUT2D eigenvalue weighted by Crippen LogP contribution is 2.28. The maximum Gasteiger partial charge on any atom is 0.230 e. The van der Waals surface area contributed by atoms with Crippen molar-refractivity contribution < 1.29 is 4.79 Å². The number of carbonyl (C=O) groups is 1. The summed E-state index contributed by atoms with van der Waals surface area (Å²) in [6, 6.07) is 10.2. The van der Waals surface area contributed by atoms with Crippen molar-refractivity contribution in [1.82, 2.24) is 4.90 Å². The van der Waals surface area contributed by atoms with Crippen LogP contribution in [0, 0.1) is 0 Å². The van der Waals surface area contributed by atoms with E-state index in [2.05, 4.69) is 24.0 Å². The van der Waals surface area contributed by atoms with Crippen LogP contribution < -0.4 is 0 Å². The van der Waals surface area contributed by atoms with Gasteiger partial charge in [0.1, 0.15) is 0 Å². The van der Waals surface area contributed by atoms with Crippen LogP contribution in [-0.2, 0) is 4.79 Å². The zero-order valence-electron chi connectivity index (χ0n) is 13.4. The minimum absolute atomic E-state index is 0.107. The van der Waals surface area contributed by atoms with E-state index >= 15 is 0 Å². The van der Waals surface area contributed by atoms with Gasteiger partial charge >= 0.3 is 0 Å². The fourth-order valence-electron chi connectivity index (χ4n) is 3.22. The molecule has 0 aliphatic carbocycles. The maximum atomic E-state index is 12.4. The Morgan fingerprint density at radius 3 is 2.38 bits per heavy atom. The Hall–Kier alpha value is -1.31. The Bertz CT molecular complexity index is 415. The van der Waals surface area contributed by atoms with E-state index in [9.17, 15) is 4.79 Å². The zero-order chi connectivity index (χ0) is 14.9. The number of benzene rings is 1. The first-order chi connectivity index (χ1) is 10.3. The molecule has 116 valence electrons. The number of hydrogen-bond donors (Lipinski definition) is 0. The Balaban J connectivity index is 1.66. The molecule has 1 aliphatic heterocycles. The number of unbranched alkanes of at least 4 members (excludes halogenated alkanes) is 6. The third-order valence-corrected chi connectivity index (χ3v) is 4.53. The van der Waals surface area contributed by atoms with Crippen LogP contribution in [-0.4, -0.2) is 23.9 Å². The first kappa shape index (κ1) is 16.1. The molecule has 1 atom stereocenters. The van der Waals surface area contributed by atoms with Crippen LogP contribution in [0.2, 0.25) is 0 Å². The number of carbonyl (C=O) groups excluding carboxylic acids is 1. The van der Waals surface area contributed by atoms with Crippen LogP contribution in [0.25, 0.3) is 0 Å². The van der Waals surface area contributed by atoms with E-state index in [0.29, 0.717) is 5.91 Å². The molecule has 0 saturated carbocycles. The Morgan fingerprint density at radius 1 is 1.00 bits per heavy atom. The van der Waals surface area contributed by atoms with Crippen molar-refractivity contribution in [3.63, 3.8) is 0 Å². The summed E-state index contributed by atoms with van der Waals surface area (Å²) in [5.74, 6) is 0.447. The highest BCUT2D eigenvalue weighted by molar-refractivity contribution is 5.85. The lowest BCUT2D eigenvalue weighted by molar-refractivity contribution is -0.129. The van der Waals surface area contributed by atoms with Crippen LogP contribution >= 0.6 is 0 Å². The number of nitrogens with zero attached hydrogens (tertiary/aromatic N) is 1. The van der Waals surface area contributed by atoms with Crippen molar-refractivity contribution in [2.45, 2.75) is 64.2 Å². The van der Waals surface area contributed by atoms with Gasteiger partial charge in [-0.15, -0.1) is 0 Å². The monoisotopic (exact) mass is 287 g/mol. The minimum Gasteiger partial charge on any atom is -0.342 e. The van der Waals surface area contributed by atoms with Crippen molar-refractivity contribution >= 4 is 5.91 Å². The van der Waals surface area contributed by atoms with E-state index in [4.69, 9.17) is 0 Å². The average molecular weight is 287 g/mol. The number of likely N-dealkylation sites (tertiary alicyclic amines) is 1. The SMILES string of the molecule is CCCCCCCCCN1CCC(c2ccccc2)C1=O. The Labute approximate surface area is 129 Å². The lowest BCUT2D eigenvalue weighted by Crippen LogP contribution is -2.27. The van der Waals surface area contributed by atoms with Crippen LogP contribution in [0.4, 0.5) is 0 Å². The van der Waals surface area contributed by atoms with Crippen molar-refractivity contribution in [3.05, 3.63) is 35.9 Å². The molecule has 1 aromatic carbocycles. The molecule has 0 aromatic heterocycles. The lowest BCUT2D eigenvalue weighted by atomic mass is 9.98. The van der Waals surface area contributed by atoms with E-state index in [1.165, 1.54) is 50.5 Å². The molecule has 1 aromatic rings. The summed E-state index contributed by atoms with van der Waals surface area (Å²) < 4.78 is 0. The van der Waals surface area contributed by atoms with Gasteiger partial charge in [0.25, 0.3) is 0 Å². The molecule has 0 N–H and O–H groups in total. The van der Waals surface area contributed by atoms with E-state index in [-0.39, 0.29) is 5.92 Å². The molecular formula is C19H29NO. The summed E-state index contributed by atoms with van der Waals surface area (Å²) in [6.07, 6.45) is 10.1. The topological polar surface area (TPSA) is 20.3 Å². The predicted octanol–water partition coefficient (Wildman–Crippen LogP) is 4.75. The molecule has 0 bridgehead atoms. The summed E-state index contributed by atoms with van der Waals surface area (Å²) in [4.78, 5) is 14.5. The highest BCUT2D eigenvalue weighted by atomic mass is 16.2. The lowest BCUT2D eigenvalue weighted by Gasteiger charge is -2.16. The number of rotatable bonds is 9. The molecule has 0 radical (unpaired) electrons. The van der Waals surface area contributed by atoms with Gasteiger partial charge in [0.05, 0.1) is 5.92 Å². The van der Waals surface area contributed by atoms with Crippen molar-refractivity contribution in [1.29, 1.82) is 0 Å². The minimum atomic E-state index is 0.107. The molecule has 1 unspecified atom stereocenters. The Kier molecular flexibility index (Phi) is 6.78. The number of hydrogen-bond acceptors (Lipinski definition) is 1. The first-order valence-corrected chi connectivity index (χ1v) is 8.66. The van der Waals surface area contributed by atoms with Crippen LogP contribution in [0.3, 0.4) is 0 Å². The van der Waals surface area contributed by atoms with Gasteiger partial charge in [0.15, 0.2) is 0 Å². The highest BCUT2D eigenvalue weighted by Gasteiger charge is 2.31. The molecule has 1 heterocycles. The molecule has 1 fully saturated rings. The second-order valence-electron chi connectivity index (χ2n) is 6.20. The van der Waals surface area contributed by atoms with Crippen LogP contribution in [0.15, 0.2) is 30.3 Å². The zero-order valence-corrected chi connectivity index (χ0v) is 13.4. The van der Waals surface area contributed by atoms with Gasteiger partial charge in [-0.3, -0.25) is 4.79 Å². The molecule has 1 aliphatic rings. The maximum absolute atomic E-state index is 12.4. The fraction of sp³-hybridized carbons (Fsp3) is 0.632.